The summed E-state index contributed by atoms with van der Waals surface area (Å²) in [6, 6.07) is -2.59. The summed E-state index contributed by atoms with van der Waals surface area (Å²) >= 11 is 0. The first kappa shape index (κ1) is 37.0. The van der Waals surface area contributed by atoms with Crippen LogP contribution in [-0.2, 0) is 47.8 Å². The number of hydrogen-bond donors (Lipinski definition) is 1. The Hall–Kier alpha value is -4.02. The zero-order chi connectivity index (χ0) is 32.6. The lowest BCUT2D eigenvalue weighted by atomic mass is 10.0. The molecule has 0 saturated carbocycles. The third-order valence-corrected chi connectivity index (χ3v) is 3.79. The number of nitrogens with one attached hydrogen (secondary N) is 1. The van der Waals surface area contributed by atoms with Crippen molar-refractivity contribution >= 4 is 36.0 Å². The number of carbonyl (C=O) groups excluding carboxylic acids is 5. The van der Waals surface area contributed by atoms with E-state index in [1.54, 1.807) is 5.32 Å². The molecule has 0 aromatic heterocycles. The molecule has 0 spiro atoms. The van der Waals surface area contributed by atoms with Gasteiger partial charge in [0, 0.05) is 6.92 Å². The van der Waals surface area contributed by atoms with E-state index in [0.29, 0.717) is 14.0 Å². The summed E-state index contributed by atoms with van der Waals surface area (Å²) < 4.78 is 168. The predicted octanol–water partition coefficient (Wildman–Crippen LogP) is 1.65. The van der Waals surface area contributed by atoms with Crippen LogP contribution in [0.4, 0.5) is 52.7 Å². The van der Waals surface area contributed by atoms with E-state index in [1.165, 1.54) is 0 Å². The van der Waals surface area contributed by atoms with E-state index in [-0.39, 0.29) is 6.21 Å². The van der Waals surface area contributed by atoms with Gasteiger partial charge in [-0.15, -0.1) is 0 Å². The summed E-state index contributed by atoms with van der Waals surface area (Å²) in [6.07, 6.45) is -34.8. The van der Waals surface area contributed by atoms with Crippen molar-refractivity contribution in [3.8, 4) is 0 Å². The number of carbonyl (C=O) groups is 5. The quantitative estimate of drug-likeness (QED) is 0.117. The first-order valence-electron chi connectivity index (χ1n) is 9.73. The van der Waals surface area contributed by atoms with Gasteiger partial charge in [-0.3, -0.25) is 4.79 Å². The molecule has 0 aliphatic carbocycles. The van der Waals surface area contributed by atoms with Crippen molar-refractivity contribution in [2.45, 2.75) is 56.0 Å². The molecule has 0 saturated heterocycles. The molecule has 0 heterocycles. The van der Waals surface area contributed by atoms with E-state index >= 15 is 0 Å². The highest BCUT2D eigenvalue weighted by Gasteiger charge is 2.54. The van der Waals surface area contributed by atoms with Crippen LogP contribution in [0.2, 0.25) is 0 Å². The van der Waals surface area contributed by atoms with Crippen LogP contribution < -0.4 is 5.32 Å². The summed E-state index contributed by atoms with van der Waals surface area (Å²) in [6.45, 7) is -1.86. The average Bonchev–Trinajstić information content (AvgIpc) is 2.78. The molecule has 12 nitrogen and oxygen atoms in total. The van der Waals surface area contributed by atoms with Crippen LogP contribution in [0.25, 0.3) is 0 Å². The molecule has 1 amide bonds. The minimum atomic E-state index is -6.16. The fraction of sp³-hybridized carbons (Fsp3) is 0.647. The molecular formula is C17H14F12N2O10. The van der Waals surface area contributed by atoms with Gasteiger partial charge in [0.15, 0.2) is 18.3 Å². The zero-order valence-corrected chi connectivity index (χ0v) is 19.7. The normalized spacial score (nSPS) is 15.7. The summed E-state index contributed by atoms with van der Waals surface area (Å²) in [5, 5.41) is 4.45. The Morgan fingerprint density at radius 3 is 1.44 bits per heavy atom. The van der Waals surface area contributed by atoms with Crippen LogP contribution in [0.5, 0.6) is 0 Å². The monoisotopic (exact) mass is 634 g/mol. The van der Waals surface area contributed by atoms with Gasteiger partial charge >= 0.3 is 48.6 Å². The van der Waals surface area contributed by atoms with E-state index in [9.17, 15) is 76.7 Å². The average molecular weight is 634 g/mol. The Labute approximate surface area is 217 Å². The predicted molar refractivity (Wildman–Crippen MR) is 97.9 cm³/mol. The maximum absolute atomic E-state index is 12.9. The Morgan fingerprint density at radius 2 is 1.07 bits per heavy atom. The molecule has 41 heavy (non-hydrogen) atoms. The van der Waals surface area contributed by atoms with Crippen LogP contribution >= 0.6 is 0 Å². The molecule has 4 unspecified atom stereocenters. The maximum atomic E-state index is 12.9. The minimum absolute atomic E-state index is 0.106. The van der Waals surface area contributed by atoms with E-state index in [4.69, 9.17) is 0 Å². The van der Waals surface area contributed by atoms with Gasteiger partial charge in [-0.25, -0.2) is 19.2 Å². The van der Waals surface area contributed by atoms with Gasteiger partial charge in [0.05, 0.1) is 6.21 Å². The van der Waals surface area contributed by atoms with Gasteiger partial charge < -0.3 is 29.1 Å². The lowest BCUT2D eigenvalue weighted by Crippen LogP contribution is -2.59. The first-order valence-corrected chi connectivity index (χ1v) is 9.73. The van der Waals surface area contributed by atoms with Crippen molar-refractivity contribution in [2.75, 3.05) is 13.7 Å². The van der Waals surface area contributed by atoms with Gasteiger partial charge in [0.25, 0.3) is 0 Å². The summed E-state index contributed by atoms with van der Waals surface area (Å²) in [5.74, 6) is -15.1. The van der Waals surface area contributed by atoms with Gasteiger partial charge in [-0.1, -0.05) is 5.16 Å². The third kappa shape index (κ3) is 12.8. The number of nitrogens with zero attached hydrogens (tertiary/aromatic N) is 1. The number of rotatable bonds is 11. The van der Waals surface area contributed by atoms with E-state index in [1.807, 2.05) is 0 Å². The number of ether oxygens (including phenoxy) is 4. The fourth-order valence-electron chi connectivity index (χ4n) is 2.29. The molecule has 236 valence electrons. The minimum Gasteiger partial charge on any atom is -0.455 e. The van der Waals surface area contributed by atoms with Crippen LogP contribution in [0.1, 0.15) is 6.92 Å². The van der Waals surface area contributed by atoms with Crippen LogP contribution in [0.15, 0.2) is 5.16 Å². The maximum Gasteiger partial charge on any atom is 0.490 e. The van der Waals surface area contributed by atoms with Gasteiger partial charge in [0.2, 0.25) is 5.91 Å². The summed E-state index contributed by atoms with van der Waals surface area (Å²) in [4.78, 5) is 61.0. The summed E-state index contributed by atoms with van der Waals surface area (Å²) in [7, 11) is 0.712. The molecule has 0 rings (SSSR count). The Bertz CT molecular complexity index is 990. The fourth-order valence-corrected chi connectivity index (χ4v) is 2.29. The molecule has 1 N–H and O–H groups in total. The van der Waals surface area contributed by atoms with Crippen LogP contribution in [0.3, 0.4) is 0 Å². The van der Waals surface area contributed by atoms with Crippen molar-refractivity contribution in [3.63, 3.8) is 0 Å². The lowest BCUT2D eigenvalue weighted by molar-refractivity contribution is -0.241. The molecule has 0 bridgehead atoms. The van der Waals surface area contributed by atoms with Crippen molar-refractivity contribution < 1.29 is 100 Å². The zero-order valence-electron chi connectivity index (χ0n) is 19.7. The largest absolute Gasteiger partial charge is 0.490 e. The molecule has 4 atom stereocenters. The second-order valence-corrected chi connectivity index (χ2v) is 6.94. The van der Waals surface area contributed by atoms with Crippen LogP contribution in [-0.4, -0.2) is 98.8 Å². The number of oxime groups is 1. The number of halogens is 12. The molecular weight excluding hydrogens is 620 g/mol. The Morgan fingerprint density at radius 1 is 0.683 bits per heavy atom. The molecule has 24 heteroatoms. The topological polar surface area (TPSA) is 156 Å². The highest BCUT2D eigenvalue weighted by molar-refractivity contribution is 5.81. The third-order valence-electron chi connectivity index (χ3n) is 3.79. The van der Waals surface area contributed by atoms with Crippen molar-refractivity contribution in [1.29, 1.82) is 0 Å². The highest BCUT2D eigenvalue weighted by Crippen LogP contribution is 2.28. The van der Waals surface area contributed by atoms with Gasteiger partial charge in [-0.05, 0) is 0 Å². The highest BCUT2D eigenvalue weighted by atomic mass is 19.4. The van der Waals surface area contributed by atoms with Crippen molar-refractivity contribution in [3.05, 3.63) is 0 Å². The molecule has 0 aromatic rings. The van der Waals surface area contributed by atoms with Crippen molar-refractivity contribution in [1.82, 2.24) is 5.32 Å². The molecule has 0 fully saturated rings. The molecule has 0 radical (unpaired) electrons. The number of alkyl halides is 12. The Balaban J connectivity index is 7.27. The lowest BCUT2D eigenvalue weighted by Gasteiger charge is -2.35. The molecule has 0 aromatic carbocycles. The summed E-state index contributed by atoms with van der Waals surface area (Å²) in [5.41, 5.74) is 0. The number of esters is 4. The first-order chi connectivity index (χ1) is 18.3. The SMILES string of the molecule is CO/N=C\C(NC(C)=O)C(OC(=O)C(F)(F)F)C(OC(=O)C(F)(F)F)C(COC(=O)C(F)(F)F)OC(=O)C(F)(F)F. The Kier molecular flexibility index (Phi) is 12.7. The molecule has 0 aliphatic heterocycles. The van der Waals surface area contributed by atoms with Crippen LogP contribution in [0, 0.1) is 0 Å². The second kappa shape index (κ2) is 14.0. The standard InChI is InChI=1S/C17H14F12N2O10/c1-5(32)31-6(3-30-37-2)8(40-12(35)16(24,25)26)9(41-13(36)17(27,28)29)7(39-11(34)15(21,22)23)4-38-10(33)14(18,19)20/h3,6-9H,4H2,1-2H3,(H,31,32)/b30-3-. The second-order valence-electron chi connectivity index (χ2n) is 6.94. The van der Waals surface area contributed by atoms with E-state index in [0.717, 1.165) is 0 Å². The van der Waals surface area contributed by atoms with Gasteiger partial charge in [-0.2, -0.15) is 52.7 Å². The van der Waals surface area contributed by atoms with Gasteiger partial charge in [0.1, 0.15) is 19.8 Å². The number of hydrogen-bond acceptors (Lipinski definition) is 11. The van der Waals surface area contributed by atoms with E-state index < -0.39 is 85.5 Å². The number of amides is 1. The molecule has 0 aliphatic rings. The van der Waals surface area contributed by atoms with E-state index in [2.05, 4.69) is 28.9 Å². The van der Waals surface area contributed by atoms with Crippen molar-refractivity contribution in [2.24, 2.45) is 5.16 Å². The smallest absolute Gasteiger partial charge is 0.455 e.